The Labute approximate surface area is 200 Å². The van der Waals surface area contributed by atoms with E-state index in [0.717, 1.165) is 43.3 Å². The molecule has 6 heteroatoms. The number of nitrogens with zero attached hydrogens (tertiary/aromatic N) is 4. The van der Waals surface area contributed by atoms with Crippen molar-refractivity contribution >= 4 is 17.5 Å². The number of benzene rings is 1. The zero-order valence-corrected chi connectivity index (χ0v) is 20.1. The number of amides is 2. The Balaban J connectivity index is 1.48. The topological polar surface area (TPSA) is 57.9 Å². The molecule has 3 fully saturated rings. The molecule has 3 aromatic rings. The zero-order valence-electron chi connectivity index (χ0n) is 20.1. The Morgan fingerprint density at radius 1 is 1.06 bits per heavy atom. The van der Waals surface area contributed by atoms with Gasteiger partial charge in [0.15, 0.2) is 0 Å². The first-order chi connectivity index (χ1) is 16.4. The molecule has 4 heterocycles. The summed E-state index contributed by atoms with van der Waals surface area (Å²) in [5.74, 6) is 0.131. The van der Waals surface area contributed by atoms with E-state index in [-0.39, 0.29) is 41.4 Å². The molecule has 2 aliphatic heterocycles. The van der Waals surface area contributed by atoms with Crippen molar-refractivity contribution in [3.8, 4) is 0 Å². The van der Waals surface area contributed by atoms with Crippen molar-refractivity contribution in [2.45, 2.75) is 77.0 Å². The van der Waals surface area contributed by atoms with Crippen LogP contribution in [0.1, 0.15) is 61.1 Å². The van der Waals surface area contributed by atoms with Gasteiger partial charge in [-0.2, -0.15) is 0 Å². The highest BCUT2D eigenvalue weighted by Gasteiger charge is 2.64. The molecule has 0 unspecified atom stereocenters. The molecule has 6 rings (SSSR count). The average molecular weight is 457 g/mol. The Kier molecular flexibility index (Phi) is 4.84. The largest absolute Gasteiger partial charge is 0.334 e. The molecule has 1 saturated carbocycles. The van der Waals surface area contributed by atoms with Crippen LogP contribution in [0.4, 0.5) is 0 Å². The minimum absolute atomic E-state index is 0.00370. The maximum Gasteiger partial charge on any atom is 0.274 e. The number of hydrogen-bond acceptors (Lipinski definition) is 3. The Bertz CT molecular complexity index is 1270. The fourth-order valence-corrected chi connectivity index (χ4v) is 7.31. The number of aromatic nitrogens is 2. The van der Waals surface area contributed by atoms with Gasteiger partial charge in [0, 0.05) is 36.8 Å². The lowest BCUT2D eigenvalue weighted by atomic mass is 9.64. The van der Waals surface area contributed by atoms with Crippen molar-refractivity contribution in [1.82, 2.24) is 19.2 Å². The average Bonchev–Trinajstić information content (AvgIpc) is 3.39. The fraction of sp³-hybridized carbons (Fsp3) is 0.464. The first kappa shape index (κ1) is 21.4. The van der Waals surface area contributed by atoms with Crippen molar-refractivity contribution in [3.63, 3.8) is 0 Å². The van der Waals surface area contributed by atoms with Gasteiger partial charge in [0.2, 0.25) is 5.91 Å². The number of rotatable bonds is 3. The highest BCUT2D eigenvalue weighted by atomic mass is 16.2. The molecule has 0 spiro atoms. The van der Waals surface area contributed by atoms with Crippen LogP contribution in [-0.2, 0) is 11.2 Å². The summed E-state index contributed by atoms with van der Waals surface area (Å²) < 4.78 is 1.95. The van der Waals surface area contributed by atoms with Gasteiger partial charge in [-0.3, -0.25) is 9.59 Å². The molecular weight excluding hydrogens is 424 g/mol. The van der Waals surface area contributed by atoms with E-state index in [4.69, 9.17) is 4.98 Å². The second-order valence-electron chi connectivity index (χ2n) is 10.7. The summed E-state index contributed by atoms with van der Waals surface area (Å²) in [4.78, 5) is 36.3. The Hall–Kier alpha value is -3.15. The lowest BCUT2D eigenvalue weighted by Crippen LogP contribution is -2.62. The predicted molar refractivity (Wildman–Crippen MR) is 130 cm³/mol. The summed E-state index contributed by atoms with van der Waals surface area (Å²) in [5, 5.41) is 0. The molecule has 5 atom stereocenters. The van der Waals surface area contributed by atoms with Crippen LogP contribution in [0.25, 0.3) is 5.65 Å². The number of carbonyl (C=O) groups excluding carboxylic acids is 2. The van der Waals surface area contributed by atoms with Crippen LogP contribution in [0.2, 0.25) is 0 Å². The van der Waals surface area contributed by atoms with Crippen LogP contribution in [-0.4, -0.2) is 55.2 Å². The maximum atomic E-state index is 14.3. The highest BCUT2D eigenvalue weighted by molar-refractivity contribution is 5.94. The fourth-order valence-electron chi connectivity index (χ4n) is 7.31. The Morgan fingerprint density at radius 2 is 1.79 bits per heavy atom. The van der Waals surface area contributed by atoms with Gasteiger partial charge in [0.05, 0.1) is 12.1 Å². The van der Waals surface area contributed by atoms with Crippen molar-refractivity contribution < 1.29 is 9.59 Å². The number of hydrogen-bond donors (Lipinski definition) is 0. The zero-order chi connectivity index (χ0) is 23.6. The summed E-state index contributed by atoms with van der Waals surface area (Å²) in [7, 11) is 0. The summed E-state index contributed by atoms with van der Waals surface area (Å²) in [5.41, 5.74) is 3.49. The molecule has 34 heavy (non-hydrogen) atoms. The summed E-state index contributed by atoms with van der Waals surface area (Å²) >= 11 is 0. The number of carbonyl (C=O) groups is 2. The van der Waals surface area contributed by atoms with E-state index in [9.17, 15) is 9.59 Å². The van der Waals surface area contributed by atoms with E-state index in [2.05, 4.69) is 41.0 Å². The number of aryl methyl sites for hydroxylation is 1. The minimum Gasteiger partial charge on any atom is -0.334 e. The van der Waals surface area contributed by atoms with E-state index in [0.29, 0.717) is 5.69 Å². The first-order valence-corrected chi connectivity index (χ1v) is 12.5. The quantitative estimate of drug-likeness (QED) is 0.592. The molecule has 176 valence electrons. The SMILES string of the molecule is CC(=O)N1[C@H]2CCC[C@H]3N(C(=O)c4cn5cccc(C)c5n4)[C@@H](Cc4ccccc4)[C@@H]1C[C@@]23C. The number of pyridine rings is 1. The summed E-state index contributed by atoms with van der Waals surface area (Å²) in [6, 6.07) is 14.7. The second-order valence-corrected chi connectivity index (χ2v) is 10.7. The van der Waals surface area contributed by atoms with Crippen molar-refractivity contribution in [3.05, 3.63) is 71.7 Å². The second kappa shape index (κ2) is 7.69. The third-order valence-corrected chi connectivity index (χ3v) is 8.74. The summed E-state index contributed by atoms with van der Waals surface area (Å²) in [6.07, 6.45) is 8.56. The van der Waals surface area contributed by atoms with Crippen LogP contribution in [0.5, 0.6) is 0 Å². The van der Waals surface area contributed by atoms with Gasteiger partial charge in [-0.1, -0.05) is 43.3 Å². The van der Waals surface area contributed by atoms with Gasteiger partial charge in [0.25, 0.3) is 5.91 Å². The van der Waals surface area contributed by atoms with Gasteiger partial charge < -0.3 is 14.2 Å². The molecular formula is C28H32N4O2. The van der Waals surface area contributed by atoms with Crippen LogP contribution >= 0.6 is 0 Å². The molecule has 3 aliphatic rings. The Morgan fingerprint density at radius 3 is 2.50 bits per heavy atom. The normalized spacial score (nSPS) is 30.1. The van der Waals surface area contributed by atoms with E-state index in [1.165, 1.54) is 5.56 Å². The first-order valence-electron chi connectivity index (χ1n) is 12.5. The predicted octanol–water partition coefficient (Wildman–Crippen LogP) is 4.26. The monoisotopic (exact) mass is 456 g/mol. The smallest absolute Gasteiger partial charge is 0.274 e. The van der Waals surface area contributed by atoms with Crippen molar-refractivity contribution in [2.75, 3.05) is 0 Å². The van der Waals surface area contributed by atoms with E-state index in [1.807, 2.05) is 41.9 Å². The number of imidazole rings is 1. The number of piperidine rings is 1. The molecule has 1 aliphatic carbocycles. The van der Waals surface area contributed by atoms with Crippen molar-refractivity contribution in [2.24, 2.45) is 5.41 Å². The third kappa shape index (κ3) is 3.04. The number of likely N-dealkylation sites (tertiary alicyclic amines) is 2. The van der Waals surface area contributed by atoms with Crippen LogP contribution in [0.3, 0.4) is 0 Å². The van der Waals surface area contributed by atoms with Crippen LogP contribution < -0.4 is 0 Å². The lowest BCUT2D eigenvalue weighted by Gasteiger charge is -2.52. The third-order valence-electron chi connectivity index (χ3n) is 8.74. The van der Waals surface area contributed by atoms with E-state index < -0.39 is 0 Å². The van der Waals surface area contributed by atoms with Gasteiger partial charge in [-0.15, -0.1) is 0 Å². The van der Waals surface area contributed by atoms with Crippen LogP contribution in [0, 0.1) is 12.3 Å². The van der Waals surface area contributed by atoms with E-state index >= 15 is 0 Å². The molecule has 2 saturated heterocycles. The molecule has 0 radical (unpaired) electrons. The van der Waals surface area contributed by atoms with Gasteiger partial charge in [-0.25, -0.2) is 4.98 Å². The highest BCUT2D eigenvalue weighted by Crippen LogP contribution is 2.56. The molecule has 2 amide bonds. The number of fused-ring (bicyclic) bond motifs is 2. The lowest BCUT2D eigenvalue weighted by molar-refractivity contribution is -0.133. The standard InChI is InChI=1S/C28H32N4O2/c1-18-9-8-14-30-17-21(29-26(18)30)27(34)32-22(15-20-10-5-4-6-11-20)23-16-28(3)24(31(23)19(2)33)12-7-13-25(28)32/h4-6,8-11,14,17,22-25H,7,12-13,15-16H2,1-3H3/t22-,23-,24-,25+,28-/m0/s1. The van der Waals surface area contributed by atoms with Crippen LogP contribution in [0.15, 0.2) is 54.9 Å². The molecule has 0 N–H and O–H groups in total. The van der Waals surface area contributed by atoms with Gasteiger partial charge in [0.1, 0.15) is 11.3 Å². The van der Waals surface area contributed by atoms with Crippen molar-refractivity contribution in [1.29, 1.82) is 0 Å². The van der Waals surface area contributed by atoms with Gasteiger partial charge >= 0.3 is 0 Å². The minimum atomic E-state index is -0.0769. The molecule has 2 aromatic heterocycles. The van der Waals surface area contributed by atoms with E-state index in [1.54, 1.807) is 6.92 Å². The maximum absolute atomic E-state index is 14.3. The molecule has 2 bridgehead atoms. The van der Waals surface area contributed by atoms with Gasteiger partial charge in [-0.05, 0) is 56.2 Å². The summed E-state index contributed by atoms with van der Waals surface area (Å²) in [6.45, 7) is 6.03. The molecule has 6 nitrogen and oxygen atoms in total. The molecule has 1 aromatic carbocycles.